The van der Waals surface area contributed by atoms with Crippen LogP contribution in [-0.2, 0) is 11.2 Å². The van der Waals surface area contributed by atoms with Crippen molar-refractivity contribution in [2.24, 2.45) is 0 Å². The Labute approximate surface area is 262 Å². The van der Waals surface area contributed by atoms with E-state index in [4.69, 9.17) is 28.4 Å². The number of carbonyl (C=O) groups excluding carboxylic acids is 1. The summed E-state index contributed by atoms with van der Waals surface area (Å²) in [6, 6.07) is 23.3. The first-order valence-corrected chi connectivity index (χ1v) is 14.9. The van der Waals surface area contributed by atoms with Gasteiger partial charge in [0.2, 0.25) is 12.5 Å². The van der Waals surface area contributed by atoms with Gasteiger partial charge in [0.1, 0.15) is 11.7 Å². The summed E-state index contributed by atoms with van der Waals surface area (Å²) in [5.41, 5.74) is 6.10. The fourth-order valence-corrected chi connectivity index (χ4v) is 6.62. The highest BCUT2D eigenvalue weighted by Gasteiger charge is 2.48. The molecular weight excluding hydrogens is 570 g/mol. The number of aryl methyl sites for hydroxylation is 1. The number of esters is 1. The Morgan fingerprint density at radius 3 is 2.42 bits per heavy atom. The van der Waals surface area contributed by atoms with Gasteiger partial charge in [-0.15, -0.1) is 0 Å². The van der Waals surface area contributed by atoms with E-state index in [9.17, 15) is 4.79 Å². The summed E-state index contributed by atoms with van der Waals surface area (Å²) in [6.45, 7) is 2.81. The maximum atomic E-state index is 13.6. The van der Waals surface area contributed by atoms with E-state index in [0.29, 0.717) is 52.8 Å². The summed E-state index contributed by atoms with van der Waals surface area (Å²) in [6.07, 6.45) is 0.000294. The molecule has 228 valence electrons. The zero-order chi connectivity index (χ0) is 31.1. The molecule has 3 heterocycles. The number of nitrogens with zero attached hydrogens (tertiary/aromatic N) is 1. The minimum atomic E-state index is -0.702. The molecule has 8 nitrogen and oxygen atoms in total. The Morgan fingerprint density at radius 1 is 0.911 bits per heavy atom. The molecule has 1 unspecified atom stereocenters. The highest BCUT2D eigenvalue weighted by molar-refractivity contribution is 5.98. The molecule has 45 heavy (non-hydrogen) atoms. The summed E-state index contributed by atoms with van der Waals surface area (Å²) in [7, 11) is 4.70. The summed E-state index contributed by atoms with van der Waals surface area (Å²) < 4.78 is 35.3. The van der Waals surface area contributed by atoms with Crippen molar-refractivity contribution in [3.8, 4) is 40.6 Å². The Hall–Kier alpha value is -5.13. The van der Waals surface area contributed by atoms with Crippen LogP contribution >= 0.6 is 0 Å². The normalized spacial score (nSPS) is 18.6. The van der Waals surface area contributed by atoms with Crippen LogP contribution in [0, 0.1) is 18.8 Å². The van der Waals surface area contributed by atoms with Gasteiger partial charge >= 0.3 is 5.97 Å². The van der Waals surface area contributed by atoms with E-state index < -0.39 is 18.1 Å². The summed E-state index contributed by atoms with van der Waals surface area (Å²) >= 11 is 0. The van der Waals surface area contributed by atoms with Crippen LogP contribution in [0.5, 0.6) is 28.7 Å². The molecule has 8 heteroatoms. The first-order chi connectivity index (χ1) is 22.0. The molecule has 3 aliphatic rings. The molecule has 3 aliphatic heterocycles. The van der Waals surface area contributed by atoms with Crippen molar-refractivity contribution >= 4 is 5.97 Å². The van der Waals surface area contributed by atoms with Crippen LogP contribution in [0.25, 0.3) is 0 Å². The third kappa shape index (κ3) is 4.90. The number of hydrogen-bond donors (Lipinski definition) is 0. The quantitative estimate of drug-likeness (QED) is 0.186. The van der Waals surface area contributed by atoms with Crippen molar-refractivity contribution in [2.45, 2.75) is 31.5 Å². The van der Waals surface area contributed by atoms with Gasteiger partial charge in [0.05, 0.1) is 33.4 Å². The molecule has 4 aromatic rings. The minimum absolute atomic E-state index is 0.107. The highest BCUT2D eigenvalue weighted by Crippen LogP contribution is 2.57. The van der Waals surface area contributed by atoms with Crippen LogP contribution in [-0.4, -0.2) is 45.5 Å². The van der Waals surface area contributed by atoms with Gasteiger partial charge in [0, 0.05) is 23.2 Å². The van der Waals surface area contributed by atoms with Gasteiger partial charge in [-0.1, -0.05) is 65.9 Å². The predicted molar refractivity (Wildman–Crippen MR) is 167 cm³/mol. The predicted octanol–water partition coefficient (Wildman–Crippen LogP) is 6.35. The van der Waals surface area contributed by atoms with E-state index in [1.54, 1.807) is 14.2 Å². The van der Waals surface area contributed by atoms with E-state index in [0.717, 1.165) is 27.8 Å². The minimum Gasteiger partial charge on any atom is -0.493 e. The molecule has 7 rings (SSSR count). The van der Waals surface area contributed by atoms with E-state index >= 15 is 0 Å². The lowest BCUT2D eigenvalue weighted by Gasteiger charge is -2.43. The Kier molecular flexibility index (Phi) is 7.48. The number of methoxy groups -OCH3 is 3. The molecule has 0 spiro atoms. The first-order valence-electron chi connectivity index (χ1n) is 14.9. The fraction of sp³-hybridized carbons (Fsp3) is 0.270. The van der Waals surface area contributed by atoms with E-state index in [-0.39, 0.29) is 12.8 Å². The standard InChI is InChI=1S/C37H33NO7/c1-22-10-13-24(14-11-22)27(16-12-23-8-6-5-7-9-23)38-19-18-25-20-29-35(44-21-43-29)36(42-4)30(25)32(38)33-26-15-17-28(40-2)34(41-3)31(26)37(39)45-33/h5-11,13-15,17,20,27,32-33H,18-19,21H2,1-4H3/t27?,32-,33+/m0/s1. The van der Waals surface area contributed by atoms with Crippen molar-refractivity contribution in [1.29, 1.82) is 0 Å². The molecule has 0 fully saturated rings. The Morgan fingerprint density at radius 2 is 1.69 bits per heavy atom. The average Bonchev–Trinajstić information content (AvgIpc) is 3.68. The van der Waals surface area contributed by atoms with Gasteiger partial charge in [-0.05, 0) is 48.7 Å². The second-order valence-electron chi connectivity index (χ2n) is 11.2. The van der Waals surface area contributed by atoms with Crippen molar-refractivity contribution in [1.82, 2.24) is 4.90 Å². The van der Waals surface area contributed by atoms with Gasteiger partial charge in [-0.3, -0.25) is 4.90 Å². The second kappa shape index (κ2) is 11.8. The SMILES string of the molecule is COc1ccc2c(c1OC)C(=O)O[C@H]2[C@@H]1c2c(cc3c(c2OC)OCO3)CCN1C(C#Cc1ccccc1)c1ccc(C)cc1. The molecule has 0 saturated heterocycles. The zero-order valence-electron chi connectivity index (χ0n) is 25.6. The number of benzene rings is 4. The summed E-state index contributed by atoms with van der Waals surface area (Å²) in [5.74, 6) is 9.09. The molecule has 0 bridgehead atoms. The van der Waals surface area contributed by atoms with Gasteiger partial charge < -0.3 is 28.4 Å². The molecule has 0 aliphatic carbocycles. The Bertz CT molecular complexity index is 1820. The largest absolute Gasteiger partial charge is 0.493 e. The number of carbonyl (C=O) groups is 1. The number of hydrogen-bond acceptors (Lipinski definition) is 8. The second-order valence-corrected chi connectivity index (χ2v) is 11.2. The molecular formula is C37H33NO7. The van der Waals surface area contributed by atoms with Crippen LogP contribution in [0.3, 0.4) is 0 Å². The van der Waals surface area contributed by atoms with Gasteiger partial charge in [0.25, 0.3) is 0 Å². The molecule has 4 aromatic carbocycles. The van der Waals surface area contributed by atoms with Crippen LogP contribution in [0.2, 0.25) is 0 Å². The first kappa shape index (κ1) is 28.6. The van der Waals surface area contributed by atoms with Crippen molar-refractivity contribution < 1.29 is 33.2 Å². The molecule has 3 atom stereocenters. The Balaban J connectivity index is 1.45. The maximum absolute atomic E-state index is 13.6. The van der Waals surface area contributed by atoms with Crippen molar-refractivity contribution in [2.75, 3.05) is 34.7 Å². The van der Waals surface area contributed by atoms with Crippen molar-refractivity contribution in [3.05, 3.63) is 112 Å². The summed E-state index contributed by atoms with van der Waals surface area (Å²) in [5, 5.41) is 0. The van der Waals surface area contributed by atoms with Gasteiger partial charge in [-0.25, -0.2) is 4.79 Å². The molecule has 0 radical (unpaired) electrons. The lowest BCUT2D eigenvalue weighted by Crippen LogP contribution is -2.41. The number of ether oxygens (including phenoxy) is 6. The van der Waals surface area contributed by atoms with Gasteiger partial charge in [0.15, 0.2) is 23.0 Å². The van der Waals surface area contributed by atoms with E-state index in [1.807, 2.05) is 48.5 Å². The number of cyclic esters (lactones) is 1. The van der Waals surface area contributed by atoms with Crippen LogP contribution in [0.15, 0.2) is 72.8 Å². The molecule has 0 N–H and O–H groups in total. The zero-order valence-corrected chi connectivity index (χ0v) is 25.6. The average molecular weight is 604 g/mol. The van der Waals surface area contributed by atoms with Crippen LogP contribution in [0.4, 0.5) is 0 Å². The third-order valence-electron chi connectivity index (χ3n) is 8.70. The van der Waals surface area contributed by atoms with Crippen LogP contribution in [0.1, 0.15) is 61.9 Å². The van der Waals surface area contributed by atoms with Gasteiger partial charge in [-0.2, -0.15) is 0 Å². The fourth-order valence-electron chi connectivity index (χ4n) is 6.62. The lowest BCUT2D eigenvalue weighted by molar-refractivity contribution is -0.00369. The van der Waals surface area contributed by atoms with Crippen molar-refractivity contribution in [3.63, 3.8) is 0 Å². The van der Waals surface area contributed by atoms with E-state index in [2.05, 4.69) is 47.9 Å². The lowest BCUT2D eigenvalue weighted by atomic mass is 9.83. The summed E-state index contributed by atoms with van der Waals surface area (Å²) in [4.78, 5) is 16.0. The smallest absolute Gasteiger partial charge is 0.343 e. The molecule has 0 saturated carbocycles. The molecule has 0 aromatic heterocycles. The topological polar surface area (TPSA) is 75.7 Å². The molecule has 0 amide bonds. The number of fused-ring (bicyclic) bond motifs is 3. The van der Waals surface area contributed by atoms with Crippen LogP contribution < -0.4 is 23.7 Å². The monoisotopic (exact) mass is 603 g/mol. The number of rotatable bonds is 6. The maximum Gasteiger partial charge on any atom is 0.343 e. The third-order valence-corrected chi connectivity index (χ3v) is 8.70. The highest BCUT2D eigenvalue weighted by atomic mass is 16.7. The van der Waals surface area contributed by atoms with E-state index in [1.165, 1.54) is 7.11 Å².